The monoisotopic (exact) mass is 379 g/mol. The van der Waals surface area contributed by atoms with Gasteiger partial charge in [0.25, 0.3) is 5.91 Å². The van der Waals surface area contributed by atoms with Gasteiger partial charge >= 0.3 is 5.97 Å². The lowest BCUT2D eigenvalue weighted by atomic mass is 10.1. The third-order valence-electron chi connectivity index (χ3n) is 4.28. The first kappa shape index (κ1) is 19.2. The Morgan fingerprint density at radius 3 is 2.43 bits per heavy atom. The number of benzene rings is 3. The van der Waals surface area contributed by atoms with E-state index in [-0.39, 0.29) is 19.1 Å². The van der Waals surface area contributed by atoms with Crippen LogP contribution in [0.2, 0.25) is 0 Å². The fraction of sp³-hybridized carbons (Fsp3) is 0.182. The zero-order valence-electron chi connectivity index (χ0n) is 15.7. The van der Waals surface area contributed by atoms with E-state index in [9.17, 15) is 9.59 Å². The Morgan fingerprint density at radius 2 is 1.64 bits per heavy atom. The molecular weight excluding hydrogens is 358 g/mol. The molecule has 28 heavy (non-hydrogen) atoms. The predicted octanol–water partition coefficient (Wildman–Crippen LogP) is 3.33. The number of rotatable bonds is 7. The summed E-state index contributed by atoms with van der Waals surface area (Å²) >= 11 is 0. The average molecular weight is 379 g/mol. The highest BCUT2D eigenvalue weighted by molar-refractivity contribution is 6.04. The van der Waals surface area contributed by atoms with Crippen molar-refractivity contribution in [1.29, 1.82) is 0 Å². The van der Waals surface area contributed by atoms with Crippen molar-refractivity contribution in [1.82, 2.24) is 5.32 Å². The van der Waals surface area contributed by atoms with Crippen LogP contribution in [-0.4, -0.2) is 32.7 Å². The molecule has 0 radical (unpaired) electrons. The van der Waals surface area contributed by atoms with Crippen LogP contribution in [0, 0.1) is 0 Å². The summed E-state index contributed by atoms with van der Waals surface area (Å²) in [5, 5.41) is 4.45. The summed E-state index contributed by atoms with van der Waals surface area (Å²) in [6.07, 6.45) is 0. The van der Waals surface area contributed by atoms with Crippen molar-refractivity contribution in [3.05, 3.63) is 71.8 Å². The first-order valence-electron chi connectivity index (χ1n) is 8.75. The van der Waals surface area contributed by atoms with Gasteiger partial charge in [0.05, 0.1) is 19.8 Å². The number of methoxy groups -OCH3 is 2. The van der Waals surface area contributed by atoms with Gasteiger partial charge in [-0.15, -0.1) is 0 Å². The standard InChI is InChI=1S/C22H21NO5/c1-26-19-11-10-15(12-20(19)27-2)13-23-21(24)14-28-22(25)18-9-5-7-16-6-3-4-8-17(16)18/h3-12H,13-14H2,1-2H3,(H,23,24). The number of nitrogens with one attached hydrogen (secondary N) is 1. The van der Waals surface area contributed by atoms with Crippen molar-refractivity contribution < 1.29 is 23.8 Å². The molecule has 0 fully saturated rings. The van der Waals surface area contributed by atoms with Crippen LogP contribution in [0.3, 0.4) is 0 Å². The molecule has 3 aromatic carbocycles. The normalized spacial score (nSPS) is 10.4. The molecular formula is C22H21NO5. The van der Waals surface area contributed by atoms with Crippen LogP contribution in [0.25, 0.3) is 10.8 Å². The summed E-state index contributed by atoms with van der Waals surface area (Å²) < 4.78 is 15.6. The molecule has 0 unspecified atom stereocenters. The first-order chi connectivity index (χ1) is 13.6. The topological polar surface area (TPSA) is 73.9 Å². The lowest BCUT2D eigenvalue weighted by molar-refractivity contribution is -0.124. The summed E-state index contributed by atoms with van der Waals surface area (Å²) in [7, 11) is 3.11. The summed E-state index contributed by atoms with van der Waals surface area (Å²) in [5.74, 6) is 0.277. The molecule has 1 N–H and O–H groups in total. The van der Waals surface area contributed by atoms with Gasteiger partial charge in [-0.2, -0.15) is 0 Å². The number of fused-ring (bicyclic) bond motifs is 1. The number of ether oxygens (including phenoxy) is 3. The van der Waals surface area contributed by atoms with E-state index in [2.05, 4.69) is 5.32 Å². The van der Waals surface area contributed by atoms with E-state index < -0.39 is 5.97 Å². The lowest BCUT2D eigenvalue weighted by Gasteiger charge is -2.11. The number of esters is 1. The molecule has 3 aromatic rings. The van der Waals surface area contributed by atoms with Crippen LogP contribution in [0.15, 0.2) is 60.7 Å². The Labute approximate surface area is 163 Å². The molecule has 3 rings (SSSR count). The molecule has 1 amide bonds. The molecule has 0 aliphatic heterocycles. The van der Waals surface area contributed by atoms with Crippen molar-refractivity contribution in [2.24, 2.45) is 0 Å². The predicted molar refractivity (Wildman–Crippen MR) is 106 cm³/mol. The highest BCUT2D eigenvalue weighted by Crippen LogP contribution is 2.27. The van der Waals surface area contributed by atoms with Gasteiger partial charge in [-0.05, 0) is 34.5 Å². The van der Waals surface area contributed by atoms with Gasteiger partial charge in [0, 0.05) is 6.54 Å². The van der Waals surface area contributed by atoms with Gasteiger partial charge in [0.1, 0.15) is 0 Å². The van der Waals surface area contributed by atoms with E-state index in [0.717, 1.165) is 16.3 Å². The minimum absolute atomic E-state index is 0.283. The maximum atomic E-state index is 12.4. The molecule has 0 aromatic heterocycles. The number of hydrogen-bond acceptors (Lipinski definition) is 5. The number of amides is 1. The fourth-order valence-electron chi connectivity index (χ4n) is 2.85. The molecule has 0 aliphatic carbocycles. The second-order valence-electron chi connectivity index (χ2n) is 6.07. The zero-order valence-corrected chi connectivity index (χ0v) is 15.7. The zero-order chi connectivity index (χ0) is 19.9. The molecule has 0 aliphatic rings. The molecule has 0 saturated carbocycles. The molecule has 0 saturated heterocycles. The smallest absolute Gasteiger partial charge is 0.339 e. The van der Waals surface area contributed by atoms with E-state index >= 15 is 0 Å². The molecule has 144 valence electrons. The van der Waals surface area contributed by atoms with E-state index in [1.807, 2.05) is 36.4 Å². The number of carbonyl (C=O) groups excluding carboxylic acids is 2. The average Bonchev–Trinajstić information content (AvgIpc) is 2.75. The van der Waals surface area contributed by atoms with Gasteiger partial charge in [-0.1, -0.05) is 42.5 Å². The SMILES string of the molecule is COc1ccc(CNC(=O)COC(=O)c2cccc3ccccc23)cc1OC. The van der Waals surface area contributed by atoms with Crippen LogP contribution < -0.4 is 14.8 Å². The molecule has 6 nitrogen and oxygen atoms in total. The van der Waals surface area contributed by atoms with E-state index in [1.165, 1.54) is 0 Å². The van der Waals surface area contributed by atoms with Gasteiger partial charge < -0.3 is 19.5 Å². The van der Waals surface area contributed by atoms with Crippen molar-refractivity contribution in [2.45, 2.75) is 6.54 Å². The summed E-state index contributed by atoms with van der Waals surface area (Å²) in [4.78, 5) is 24.4. The molecule has 0 atom stereocenters. The van der Waals surface area contributed by atoms with Crippen LogP contribution in [-0.2, 0) is 16.1 Å². The summed E-state index contributed by atoms with van der Waals surface area (Å²) in [5.41, 5.74) is 1.28. The van der Waals surface area contributed by atoms with Crippen LogP contribution in [0.5, 0.6) is 11.5 Å². The minimum Gasteiger partial charge on any atom is -0.493 e. The number of hydrogen-bond donors (Lipinski definition) is 1. The second kappa shape index (κ2) is 8.90. The van der Waals surface area contributed by atoms with Gasteiger partial charge in [-0.3, -0.25) is 4.79 Å². The first-order valence-corrected chi connectivity index (χ1v) is 8.75. The van der Waals surface area contributed by atoms with Gasteiger partial charge in [0.2, 0.25) is 0 Å². The summed E-state index contributed by atoms with van der Waals surface area (Å²) in [6, 6.07) is 18.3. The van der Waals surface area contributed by atoms with E-state index in [1.54, 1.807) is 38.5 Å². The summed E-state index contributed by atoms with van der Waals surface area (Å²) in [6.45, 7) is -0.0691. The quantitative estimate of drug-likeness (QED) is 0.638. The maximum absolute atomic E-state index is 12.4. The van der Waals surface area contributed by atoms with Crippen LogP contribution in [0.4, 0.5) is 0 Å². The van der Waals surface area contributed by atoms with Gasteiger partial charge in [-0.25, -0.2) is 4.79 Å². The third-order valence-corrected chi connectivity index (χ3v) is 4.28. The van der Waals surface area contributed by atoms with E-state index in [0.29, 0.717) is 17.1 Å². The third kappa shape index (κ3) is 4.40. The number of carbonyl (C=O) groups is 2. The minimum atomic E-state index is -0.530. The Morgan fingerprint density at radius 1 is 0.893 bits per heavy atom. The van der Waals surface area contributed by atoms with Crippen LogP contribution in [0.1, 0.15) is 15.9 Å². The lowest BCUT2D eigenvalue weighted by Crippen LogP contribution is -2.28. The molecule has 0 bridgehead atoms. The van der Waals surface area contributed by atoms with E-state index in [4.69, 9.17) is 14.2 Å². The molecule has 0 spiro atoms. The van der Waals surface area contributed by atoms with Crippen molar-refractivity contribution in [3.63, 3.8) is 0 Å². The second-order valence-corrected chi connectivity index (χ2v) is 6.07. The fourth-order valence-corrected chi connectivity index (χ4v) is 2.85. The van der Waals surface area contributed by atoms with Gasteiger partial charge in [0.15, 0.2) is 18.1 Å². The van der Waals surface area contributed by atoms with Crippen molar-refractivity contribution in [2.75, 3.05) is 20.8 Å². The molecule has 6 heteroatoms. The highest BCUT2D eigenvalue weighted by Gasteiger charge is 2.13. The Balaban J connectivity index is 1.56. The largest absolute Gasteiger partial charge is 0.493 e. The molecule has 0 heterocycles. The Hall–Kier alpha value is -3.54. The van der Waals surface area contributed by atoms with Crippen molar-refractivity contribution in [3.8, 4) is 11.5 Å². The van der Waals surface area contributed by atoms with Crippen LogP contribution >= 0.6 is 0 Å². The Kier molecular flexibility index (Phi) is 6.11. The maximum Gasteiger partial charge on any atom is 0.339 e. The Bertz CT molecular complexity index is 994. The van der Waals surface area contributed by atoms with Crippen molar-refractivity contribution >= 4 is 22.6 Å². The highest BCUT2D eigenvalue weighted by atomic mass is 16.5.